The lowest BCUT2D eigenvalue weighted by Gasteiger charge is -2.32. The van der Waals surface area contributed by atoms with E-state index in [-0.39, 0.29) is 5.97 Å². The molecule has 0 amide bonds. The van der Waals surface area contributed by atoms with Crippen LogP contribution in [0, 0.1) is 0 Å². The Morgan fingerprint density at radius 3 is 3.00 bits per heavy atom. The monoisotopic (exact) mass is 277 g/mol. The summed E-state index contributed by atoms with van der Waals surface area (Å²) in [6, 6.07) is 4.04. The topological polar surface area (TPSA) is 54.5 Å². The minimum absolute atomic E-state index is 0.318. The number of esters is 1. The van der Waals surface area contributed by atoms with Crippen molar-refractivity contribution in [1.82, 2.24) is 9.88 Å². The van der Waals surface area contributed by atoms with E-state index in [1.165, 1.54) is 13.0 Å². The molecule has 0 aliphatic carbocycles. The molecule has 1 fully saturated rings. The number of carbonyl (C=O) groups is 1. The minimum Gasteiger partial charge on any atom is -0.462 e. The Morgan fingerprint density at radius 2 is 2.35 bits per heavy atom. The highest BCUT2D eigenvalue weighted by atomic mass is 16.5. The van der Waals surface area contributed by atoms with E-state index in [1.807, 2.05) is 6.07 Å². The van der Waals surface area contributed by atoms with Crippen LogP contribution in [0.15, 0.2) is 18.3 Å². The molecule has 0 saturated carbocycles. The third-order valence-corrected chi connectivity index (χ3v) is 3.58. The average Bonchev–Trinajstić information content (AvgIpc) is 2.48. The summed E-state index contributed by atoms with van der Waals surface area (Å²) in [6.45, 7) is 7.70. The highest BCUT2D eigenvalue weighted by Crippen LogP contribution is 2.15. The van der Waals surface area contributed by atoms with Gasteiger partial charge in [-0.15, -0.1) is 0 Å². The van der Waals surface area contributed by atoms with E-state index in [0.717, 1.165) is 25.3 Å². The van der Waals surface area contributed by atoms with Crippen molar-refractivity contribution in [3.05, 3.63) is 23.9 Å². The maximum Gasteiger partial charge on any atom is 0.339 e. The molecule has 1 saturated heterocycles. The van der Waals surface area contributed by atoms with Gasteiger partial charge in [0.1, 0.15) is 5.82 Å². The van der Waals surface area contributed by atoms with Gasteiger partial charge in [0.2, 0.25) is 0 Å². The summed E-state index contributed by atoms with van der Waals surface area (Å²) in [5, 5.41) is 3.44. The Kier molecular flexibility index (Phi) is 5.35. The van der Waals surface area contributed by atoms with Crippen molar-refractivity contribution >= 4 is 11.8 Å². The first kappa shape index (κ1) is 14.8. The van der Waals surface area contributed by atoms with Crippen LogP contribution >= 0.6 is 0 Å². The Bertz CT molecular complexity index is 433. The molecule has 1 unspecified atom stereocenters. The second-order valence-electron chi connectivity index (χ2n) is 5.03. The van der Waals surface area contributed by atoms with E-state index in [4.69, 9.17) is 4.74 Å². The number of ether oxygens (including phenoxy) is 1. The number of carbonyl (C=O) groups excluding carboxylic acids is 1. The van der Waals surface area contributed by atoms with Gasteiger partial charge in [-0.3, -0.25) is 0 Å². The second-order valence-corrected chi connectivity index (χ2v) is 5.03. The van der Waals surface area contributed by atoms with Crippen molar-refractivity contribution in [3.8, 4) is 0 Å². The molecule has 1 aromatic heterocycles. The van der Waals surface area contributed by atoms with Gasteiger partial charge in [0.05, 0.1) is 12.2 Å². The molecule has 1 aromatic rings. The van der Waals surface area contributed by atoms with Crippen molar-refractivity contribution < 1.29 is 9.53 Å². The molecule has 0 spiro atoms. The summed E-state index contributed by atoms with van der Waals surface area (Å²) in [7, 11) is 0. The van der Waals surface area contributed by atoms with Crippen LogP contribution < -0.4 is 5.32 Å². The summed E-state index contributed by atoms with van der Waals surface area (Å²) in [5.41, 5.74) is 0.497. The summed E-state index contributed by atoms with van der Waals surface area (Å²) < 4.78 is 4.94. The standard InChI is InChI=1S/C15H23N3O2/c1-3-18-9-5-6-13(11-18)17-14-8-7-12(10-16-14)15(19)20-4-2/h7-8,10,13H,3-6,9,11H2,1-2H3,(H,16,17). The second kappa shape index (κ2) is 7.24. The number of likely N-dealkylation sites (tertiary alicyclic amines) is 1. The molecule has 110 valence electrons. The molecule has 2 rings (SSSR count). The first-order valence-corrected chi connectivity index (χ1v) is 7.35. The number of aromatic nitrogens is 1. The predicted octanol–water partition coefficient (Wildman–Crippen LogP) is 2.15. The fourth-order valence-electron chi connectivity index (χ4n) is 2.48. The summed E-state index contributed by atoms with van der Waals surface area (Å²) in [4.78, 5) is 18.3. The van der Waals surface area contributed by atoms with E-state index in [0.29, 0.717) is 18.2 Å². The largest absolute Gasteiger partial charge is 0.462 e. The van der Waals surface area contributed by atoms with Gasteiger partial charge in [0.15, 0.2) is 0 Å². The molecule has 5 heteroatoms. The third kappa shape index (κ3) is 3.93. The lowest BCUT2D eigenvalue weighted by atomic mass is 10.1. The zero-order chi connectivity index (χ0) is 14.4. The Morgan fingerprint density at radius 1 is 1.50 bits per heavy atom. The van der Waals surface area contributed by atoms with Gasteiger partial charge in [-0.2, -0.15) is 0 Å². The van der Waals surface area contributed by atoms with Gasteiger partial charge in [-0.05, 0) is 45.0 Å². The van der Waals surface area contributed by atoms with Gasteiger partial charge >= 0.3 is 5.97 Å². The van der Waals surface area contributed by atoms with E-state index < -0.39 is 0 Å². The fourth-order valence-corrected chi connectivity index (χ4v) is 2.48. The third-order valence-electron chi connectivity index (χ3n) is 3.58. The van der Waals surface area contributed by atoms with Crippen molar-refractivity contribution in [2.75, 3.05) is 31.6 Å². The van der Waals surface area contributed by atoms with Gasteiger partial charge < -0.3 is 15.0 Å². The summed E-state index contributed by atoms with van der Waals surface area (Å²) >= 11 is 0. The Labute approximate surface area is 120 Å². The lowest BCUT2D eigenvalue weighted by molar-refractivity contribution is 0.0526. The minimum atomic E-state index is -0.318. The van der Waals surface area contributed by atoms with Crippen LogP contribution in [0.5, 0.6) is 0 Å². The number of piperidine rings is 1. The van der Waals surface area contributed by atoms with Crippen molar-refractivity contribution in [3.63, 3.8) is 0 Å². The van der Waals surface area contributed by atoms with Crippen molar-refractivity contribution in [2.45, 2.75) is 32.7 Å². The molecule has 2 heterocycles. The van der Waals surface area contributed by atoms with Crippen molar-refractivity contribution in [2.24, 2.45) is 0 Å². The van der Waals surface area contributed by atoms with Gasteiger partial charge in [-0.25, -0.2) is 9.78 Å². The highest BCUT2D eigenvalue weighted by Gasteiger charge is 2.18. The van der Waals surface area contributed by atoms with Crippen LogP contribution in [0.2, 0.25) is 0 Å². The van der Waals surface area contributed by atoms with Crippen LogP contribution in [0.25, 0.3) is 0 Å². The number of nitrogens with zero attached hydrogens (tertiary/aromatic N) is 2. The zero-order valence-electron chi connectivity index (χ0n) is 12.3. The number of nitrogens with one attached hydrogen (secondary N) is 1. The molecule has 0 radical (unpaired) electrons. The Balaban J connectivity index is 1.91. The Hall–Kier alpha value is -1.62. The number of anilines is 1. The molecule has 0 aromatic carbocycles. The SMILES string of the molecule is CCOC(=O)c1ccc(NC2CCCN(CC)C2)nc1. The van der Waals surface area contributed by atoms with Crippen molar-refractivity contribution in [1.29, 1.82) is 0 Å². The van der Waals surface area contributed by atoms with E-state index in [9.17, 15) is 4.79 Å². The van der Waals surface area contributed by atoms with E-state index >= 15 is 0 Å². The van der Waals surface area contributed by atoms with Gasteiger partial charge in [-0.1, -0.05) is 6.92 Å². The normalized spacial score (nSPS) is 19.6. The number of hydrogen-bond donors (Lipinski definition) is 1. The van der Waals surface area contributed by atoms with Crippen LogP contribution in [0.1, 0.15) is 37.0 Å². The molecule has 5 nitrogen and oxygen atoms in total. The quantitative estimate of drug-likeness (QED) is 0.836. The van der Waals surface area contributed by atoms with Crippen LogP contribution in [0.3, 0.4) is 0 Å². The maximum absolute atomic E-state index is 11.5. The smallest absolute Gasteiger partial charge is 0.339 e. The molecular weight excluding hydrogens is 254 g/mol. The average molecular weight is 277 g/mol. The molecule has 1 atom stereocenters. The fraction of sp³-hybridized carbons (Fsp3) is 0.600. The highest BCUT2D eigenvalue weighted by molar-refractivity contribution is 5.89. The maximum atomic E-state index is 11.5. The lowest BCUT2D eigenvalue weighted by Crippen LogP contribution is -2.41. The van der Waals surface area contributed by atoms with Crippen LogP contribution in [0.4, 0.5) is 5.82 Å². The zero-order valence-corrected chi connectivity index (χ0v) is 12.3. The molecule has 1 aliphatic heterocycles. The first-order chi connectivity index (χ1) is 9.72. The molecule has 0 bridgehead atoms. The van der Waals surface area contributed by atoms with Crippen LogP contribution in [-0.4, -0.2) is 48.1 Å². The molecular formula is C15H23N3O2. The van der Waals surface area contributed by atoms with Gasteiger partial charge in [0.25, 0.3) is 0 Å². The molecule has 1 N–H and O–H groups in total. The number of pyridine rings is 1. The summed E-state index contributed by atoms with van der Waals surface area (Å²) in [5.74, 6) is 0.502. The number of hydrogen-bond acceptors (Lipinski definition) is 5. The van der Waals surface area contributed by atoms with E-state index in [1.54, 1.807) is 19.2 Å². The predicted molar refractivity (Wildman–Crippen MR) is 79.0 cm³/mol. The molecule has 1 aliphatic rings. The summed E-state index contributed by atoms with van der Waals surface area (Å²) in [6.07, 6.45) is 3.95. The number of likely N-dealkylation sites (N-methyl/N-ethyl adjacent to an activating group) is 1. The van der Waals surface area contributed by atoms with E-state index in [2.05, 4.69) is 22.1 Å². The first-order valence-electron chi connectivity index (χ1n) is 7.35. The van der Waals surface area contributed by atoms with Gasteiger partial charge in [0, 0.05) is 18.8 Å². The number of rotatable bonds is 5. The molecule has 20 heavy (non-hydrogen) atoms. The van der Waals surface area contributed by atoms with Crippen LogP contribution in [-0.2, 0) is 4.74 Å².